The van der Waals surface area contributed by atoms with Crippen molar-refractivity contribution in [3.63, 3.8) is 0 Å². The van der Waals surface area contributed by atoms with Gasteiger partial charge in [-0.05, 0) is 112 Å². The zero-order chi connectivity index (χ0) is 21.0. The van der Waals surface area contributed by atoms with Crippen LogP contribution in [0.15, 0.2) is 22.8 Å². The van der Waals surface area contributed by atoms with Crippen LogP contribution in [0.25, 0.3) is 0 Å². The zero-order valence-corrected chi connectivity index (χ0v) is 20.1. The Kier molecular flexibility index (Phi) is 5.86. The van der Waals surface area contributed by atoms with Gasteiger partial charge in [-0.15, -0.1) is 0 Å². The van der Waals surface area contributed by atoms with E-state index in [1.807, 2.05) is 11.1 Å². The summed E-state index contributed by atoms with van der Waals surface area (Å²) in [4.78, 5) is 0. The van der Waals surface area contributed by atoms with Crippen LogP contribution in [0.5, 0.6) is 0 Å². The summed E-state index contributed by atoms with van der Waals surface area (Å²) in [6.07, 6.45) is 15.3. The number of aliphatic hydroxyl groups excluding tert-OH is 1. The molecule has 1 heteroatoms. The molecule has 1 nitrogen and oxygen atoms in total. The Bertz CT molecular complexity index is 684. The third kappa shape index (κ3) is 3.58. The van der Waals surface area contributed by atoms with E-state index in [1.165, 1.54) is 51.4 Å². The van der Waals surface area contributed by atoms with Crippen LogP contribution in [0, 0.1) is 40.4 Å². The predicted octanol–water partition coefficient (Wildman–Crippen LogP) is 7.70. The molecule has 4 rings (SSSR count). The van der Waals surface area contributed by atoms with Gasteiger partial charge < -0.3 is 5.11 Å². The molecule has 0 aromatic heterocycles. The van der Waals surface area contributed by atoms with E-state index in [2.05, 4.69) is 47.6 Å². The molecule has 0 aromatic rings. The fraction of sp³-hybridized carbons (Fsp3) is 0.857. The standard InChI is InChI=1S/C28H46O/c1-18(2)19(3)7-8-20(4)24-11-12-25-23-10-9-21-17-22(29)13-15-27(21,5)26(23)14-16-28(24,25)6/h7,18,20-22,24-25,29H,8-17H2,1-6H3/t20-,21+,22+,24-,25+,27+,28-/m1/s1. The van der Waals surface area contributed by atoms with E-state index in [-0.39, 0.29) is 6.10 Å². The van der Waals surface area contributed by atoms with Crippen LogP contribution in [-0.2, 0) is 0 Å². The summed E-state index contributed by atoms with van der Waals surface area (Å²) < 4.78 is 0. The van der Waals surface area contributed by atoms with E-state index >= 15 is 0 Å². The van der Waals surface area contributed by atoms with Crippen LogP contribution in [0.2, 0.25) is 0 Å². The Morgan fingerprint density at radius 1 is 1.07 bits per heavy atom. The first-order chi connectivity index (χ1) is 13.7. The molecular weight excluding hydrogens is 352 g/mol. The average molecular weight is 399 g/mol. The predicted molar refractivity (Wildman–Crippen MR) is 124 cm³/mol. The summed E-state index contributed by atoms with van der Waals surface area (Å²) in [7, 11) is 0. The lowest BCUT2D eigenvalue weighted by molar-refractivity contribution is 0.0136. The number of hydrogen-bond donors (Lipinski definition) is 1. The molecule has 7 atom stereocenters. The monoisotopic (exact) mass is 398 g/mol. The number of aliphatic hydroxyl groups is 1. The maximum absolute atomic E-state index is 10.2. The molecule has 0 aromatic carbocycles. The van der Waals surface area contributed by atoms with Gasteiger partial charge in [0.25, 0.3) is 0 Å². The van der Waals surface area contributed by atoms with Gasteiger partial charge in [0.2, 0.25) is 0 Å². The molecule has 2 saturated carbocycles. The molecule has 0 saturated heterocycles. The normalized spacial score (nSPS) is 43.8. The van der Waals surface area contributed by atoms with E-state index in [4.69, 9.17) is 0 Å². The number of hydrogen-bond acceptors (Lipinski definition) is 1. The Hall–Kier alpha value is -0.560. The summed E-state index contributed by atoms with van der Waals surface area (Å²) in [6.45, 7) is 14.7. The highest BCUT2D eigenvalue weighted by Crippen LogP contribution is 2.65. The average Bonchev–Trinajstić information content (AvgIpc) is 3.03. The quantitative estimate of drug-likeness (QED) is 0.481. The van der Waals surface area contributed by atoms with E-state index < -0.39 is 0 Å². The summed E-state index contributed by atoms with van der Waals surface area (Å²) in [5.74, 6) is 3.95. The Balaban J connectivity index is 1.56. The van der Waals surface area contributed by atoms with Crippen molar-refractivity contribution in [2.45, 2.75) is 112 Å². The first kappa shape index (κ1) is 21.7. The number of rotatable bonds is 4. The minimum absolute atomic E-state index is 0.0388. The molecular formula is C28H46O. The smallest absolute Gasteiger partial charge is 0.0543 e. The van der Waals surface area contributed by atoms with E-state index in [1.54, 1.807) is 5.57 Å². The van der Waals surface area contributed by atoms with Gasteiger partial charge in [0.15, 0.2) is 0 Å². The Morgan fingerprint density at radius 2 is 1.83 bits per heavy atom. The molecule has 2 fully saturated rings. The number of fused-ring (bicyclic) bond motifs is 4. The minimum atomic E-state index is -0.0388. The highest BCUT2D eigenvalue weighted by atomic mass is 16.3. The first-order valence-electron chi connectivity index (χ1n) is 12.7. The van der Waals surface area contributed by atoms with Crippen molar-refractivity contribution in [1.29, 1.82) is 0 Å². The third-order valence-electron chi connectivity index (χ3n) is 10.4. The van der Waals surface area contributed by atoms with Gasteiger partial charge in [-0.3, -0.25) is 0 Å². The van der Waals surface area contributed by atoms with Crippen LogP contribution in [0.3, 0.4) is 0 Å². The van der Waals surface area contributed by atoms with Gasteiger partial charge in [0.1, 0.15) is 0 Å². The van der Waals surface area contributed by atoms with Gasteiger partial charge in [-0.1, -0.05) is 57.4 Å². The van der Waals surface area contributed by atoms with Crippen molar-refractivity contribution in [2.75, 3.05) is 0 Å². The Labute approximate surface area is 180 Å². The summed E-state index contributed by atoms with van der Waals surface area (Å²) in [5.41, 5.74) is 6.25. The van der Waals surface area contributed by atoms with Gasteiger partial charge >= 0.3 is 0 Å². The molecule has 29 heavy (non-hydrogen) atoms. The molecule has 0 heterocycles. The molecule has 0 radical (unpaired) electrons. The second-order valence-electron chi connectivity index (χ2n) is 12.1. The van der Waals surface area contributed by atoms with E-state index in [0.29, 0.717) is 16.7 Å². The summed E-state index contributed by atoms with van der Waals surface area (Å²) in [6, 6.07) is 0. The molecule has 0 bridgehead atoms. The minimum Gasteiger partial charge on any atom is -0.393 e. The molecule has 1 N–H and O–H groups in total. The van der Waals surface area contributed by atoms with Crippen molar-refractivity contribution in [3.8, 4) is 0 Å². The van der Waals surface area contributed by atoms with Gasteiger partial charge in [-0.2, -0.15) is 0 Å². The maximum atomic E-state index is 10.2. The topological polar surface area (TPSA) is 20.2 Å². The fourth-order valence-corrected chi connectivity index (χ4v) is 8.19. The molecule has 164 valence electrons. The maximum Gasteiger partial charge on any atom is 0.0543 e. The molecule has 0 amide bonds. The van der Waals surface area contributed by atoms with Crippen LogP contribution in [0.4, 0.5) is 0 Å². The molecule has 0 aliphatic heterocycles. The first-order valence-corrected chi connectivity index (χ1v) is 12.7. The number of allylic oxidation sites excluding steroid dienone is 4. The van der Waals surface area contributed by atoms with E-state index in [0.717, 1.165) is 36.5 Å². The largest absolute Gasteiger partial charge is 0.393 e. The van der Waals surface area contributed by atoms with Crippen molar-refractivity contribution < 1.29 is 5.11 Å². The van der Waals surface area contributed by atoms with Crippen LogP contribution < -0.4 is 0 Å². The summed E-state index contributed by atoms with van der Waals surface area (Å²) in [5, 5.41) is 10.2. The fourth-order valence-electron chi connectivity index (χ4n) is 8.19. The van der Waals surface area contributed by atoms with Gasteiger partial charge in [0, 0.05) is 0 Å². The Morgan fingerprint density at radius 3 is 2.55 bits per heavy atom. The summed E-state index contributed by atoms with van der Waals surface area (Å²) >= 11 is 0. The second kappa shape index (κ2) is 7.85. The SMILES string of the molecule is CC(=CC[C@@H](C)[C@H]1CC[C@H]2C3=C(CC[C@]12C)[C@@]1(C)CC[C@H](O)C[C@@H]1CC3)C(C)C. The van der Waals surface area contributed by atoms with Gasteiger partial charge in [-0.25, -0.2) is 0 Å². The second-order valence-corrected chi connectivity index (χ2v) is 12.1. The van der Waals surface area contributed by atoms with Crippen molar-refractivity contribution >= 4 is 0 Å². The highest BCUT2D eigenvalue weighted by molar-refractivity contribution is 5.34. The van der Waals surface area contributed by atoms with Crippen LogP contribution in [-0.4, -0.2) is 11.2 Å². The van der Waals surface area contributed by atoms with Crippen LogP contribution >= 0.6 is 0 Å². The van der Waals surface area contributed by atoms with Crippen molar-refractivity contribution in [1.82, 2.24) is 0 Å². The van der Waals surface area contributed by atoms with Gasteiger partial charge in [0.05, 0.1) is 6.10 Å². The molecule has 4 aliphatic carbocycles. The lowest BCUT2D eigenvalue weighted by Crippen LogP contribution is -2.45. The highest BCUT2D eigenvalue weighted by Gasteiger charge is 2.55. The zero-order valence-electron chi connectivity index (χ0n) is 20.1. The van der Waals surface area contributed by atoms with Crippen LogP contribution in [0.1, 0.15) is 106 Å². The lowest BCUT2D eigenvalue weighted by Gasteiger charge is -2.55. The molecule has 0 spiro atoms. The van der Waals surface area contributed by atoms with Crippen molar-refractivity contribution in [2.24, 2.45) is 40.4 Å². The lowest BCUT2D eigenvalue weighted by atomic mass is 9.50. The van der Waals surface area contributed by atoms with Crippen molar-refractivity contribution in [3.05, 3.63) is 22.8 Å². The molecule has 4 aliphatic rings. The molecule has 0 unspecified atom stereocenters. The van der Waals surface area contributed by atoms with E-state index in [9.17, 15) is 5.11 Å². The third-order valence-corrected chi connectivity index (χ3v) is 10.4.